The van der Waals surface area contributed by atoms with Gasteiger partial charge in [-0.3, -0.25) is 0 Å². The van der Waals surface area contributed by atoms with E-state index in [0.29, 0.717) is 6.04 Å². The molecule has 1 heteroatoms. The van der Waals surface area contributed by atoms with E-state index >= 15 is 0 Å². The summed E-state index contributed by atoms with van der Waals surface area (Å²) in [5.74, 6) is 0. The van der Waals surface area contributed by atoms with Crippen LogP contribution in [0, 0.1) is 0 Å². The molecule has 0 unspecified atom stereocenters. The van der Waals surface area contributed by atoms with Crippen LogP contribution in [0.25, 0.3) is 0 Å². The molecule has 0 amide bonds. The minimum Gasteiger partial charge on any atom is -0.352 e. The van der Waals surface area contributed by atoms with Gasteiger partial charge in [-0.15, -0.1) is 0 Å². The first-order valence-electron chi connectivity index (χ1n) is 6.16. The van der Waals surface area contributed by atoms with Crippen molar-refractivity contribution in [3.8, 4) is 0 Å². The molecule has 0 bridgehead atoms. The molecular weight excluding hydrogens is 182 g/mol. The normalized spacial score (nSPS) is 10.3. The zero-order chi connectivity index (χ0) is 12.3. The lowest BCUT2D eigenvalue weighted by atomic mass is 10.0. The molecule has 1 aromatic rings. The predicted octanol–water partition coefficient (Wildman–Crippen LogP) is 3.60. The molecule has 1 atom stereocenters. The highest BCUT2D eigenvalue weighted by Crippen LogP contribution is 2.14. The molecule has 0 saturated carbocycles. The van der Waals surface area contributed by atoms with Crippen molar-refractivity contribution >= 4 is 0 Å². The Kier molecular flexibility index (Phi) is 12.5. The molecule has 0 aliphatic carbocycles. The molecule has 0 aliphatic heterocycles. The van der Waals surface area contributed by atoms with Crippen molar-refractivity contribution in [2.75, 3.05) is 0 Å². The van der Waals surface area contributed by atoms with Gasteiger partial charge in [-0.1, -0.05) is 58.9 Å². The number of quaternary nitrogens is 1. The molecule has 0 fully saturated rings. The van der Waals surface area contributed by atoms with E-state index in [1.807, 2.05) is 27.7 Å². The smallest absolute Gasteiger partial charge is 0.107 e. The Morgan fingerprint density at radius 3 is 1.87 bits per heavy atom. The van der Waals surface area contributed by atoms with Crippen molar-refractivity contribution in [1.29, 1.82) is 0 Å². The average Bonchev–Trinajstić information content (AvgIpc) is 2.34. The van der Waals surface area contributed by atoms with Crippen LogP contribution in [0.4, 0.5) is 0 Å². The number of aryl methyl sites for hydroxylation is 1. The van der Waals surface area contributed by atoms with Gasteiger partial charge in [0.05, 0.1) is 0 Å². The van der Waals surface area contributed by atoms with Crippen LogP contribution >= 0.6 is 0 Å². The molecule has 0 spiro atoms. The third kappa shape index (κ3) is 6.29. The van der Waals surface area contributed by atoms with Crippen LogP contribution < -0.4 is 5.73 Å². The maximum atomic E-state index is 4.02. The molecule has 1 rings (SSSR count). The zero-order valence-corrected chi connectivity index (χ0v) is 11.3. The Hall–Kier alpha value is -0.820. The number of hydrogen-bond acceptors (Lipinski definition) is 0. The Balaban J connectivity index is 0. The first kappa shape index (κ1) is 16.6. The van der Waals surface area contributed by atoms with Gasteiger partial charge >= 0.3 is 0 Å². The summed E-state index contributed by atoms with van der Waals surface area (Å²) < 4.78 is 0. The molecule has 0 aliphatic rings. The van der Waals surface area contributed by atoms with Gasteiger partial charge < -0.3 is 5.73 Å². The molecule has 0 heterocycles. The second-order valence-corrected chi connectivity index (χ2v) is 2.95. The molecular formula is C14H28N+. The first-order chi connectivity index (χ1) is 7.25. The van der Waals surface area contributed by atoms with Crippen molar-refractivity contribution in [3.63, 3.8) is 0 Å². The molecule has 15 heavy (non-hydrogen) atoms. The molecule has 3 N–H and O–H groups in total. The Morgan fingerprint density at radius 1 is 1.07 bits per heavy atom. The summed E-state index contributed by atoms with van der Waals surface area (Å²) >= 11 is 0. The van der Waals surface area contributed by atoms with Gasteiger partial charge in [-0.05, 0) is 18.9 Å². The summed E-state index contributed by atoms with van der Waals surface area (Å²) in [6.07, 6.45) is 1.11. The van der Waals surface area contributed by atoms with E-state index in [2.05, 4.69) is 43.8 Å². The SMILES string of the molecule is CC.CC.CCc1ccccc1[C@@H](C)[NH3+]. The van der Waals surface area contributed by atoms with Crippen LogP contribution in [-0.4, -0.2) is 0 Å². The van der Waals surface area contributed by atoms with E-state index < -0.39 is 0 Å². The Bertz CT molecular complexity index is 229. The summed E-state index contributed by atoms with van der Waals surface area (Å²) in [6.45, 7) is 12.3. The lowest BCUT2D eigenvalue weighted by molar-refractivity contribution is -0.420. The minimum absolute atomic E-state index is 0.408. The highest BCUT2D eigenvalue weighted by atomic mass is 14.6. The summed E-state index contributed by atoms with van der Waals surface area (Å²) in [6, 6.07) is 8.92. The highest BCUT2D eigenvalue weighted by molar-refractivity contribution is 5.28. The number of hydrogen-bond donors (Lipinski definition) is 1. The third-order valence-electron chi connectivity index (χ3n) is 1.97. The van der Waals surface area contributed by atoms with Crippen molar-refractivity contribution in [3.05, 3.63) is 35.4 Å². The maximum absolute atomic E-state index is 4.02. The maximum Gasteiger partial charge on any atom is 0.107 e. The summed E-state index contributed by atoms with van der Waals surface area (Å²) in [5.41, 5.74) is 6.83. The van der Waals surface area contributed by atoms with Gasteiger partial charge in [-0.2, -0.15) is 0 Å². The molecule has 0 saturated heterocycles. The van der Waals surface area contributed by atoms with Crippen molar-refractivity contribution < 1.29 is 5.73 Å². The van der Waals surface area contributed by atoms with Gasteiger partial charge in [0.25, 0.3) is 0 Å². The van der Waals surface area contributed by atoms with Crippen LogP contribution in [-0.2, 0) is 6.42 Å². The fourth-order valence-corrected chi connectivity index (χ4v) is 1.34. The molecule has 1 nitrogen and oxygen atoms in total. The van der Waals surface area contributed by atoms with Gasteiger partial charge in [0.1, 0.15) is 6.04 Å². The van der Waals surface area contributed by atoms with Gasteiger partial charge in [0.2, 0.25) is 0 Å². The van der Waals surface area contributed by atoms with Crippen LogP contribution in [0.5, 0.6) is 0 Å². The average molecular weight is 210 g/mol. The number of benzene rings is 1. The lowest BCUT2D eigenvalue weighted by Crippen LogP contribution is -2.52. The lowest BCUT2D eigenvalue weighted by Gasteiger charge is -2.07. The quantitative estimate of drug-likeness (QED) is 0.772. The van der Waals surface area contributed by atoms with Crippen LogP contribution in [0.2, 0.25) is 0 Å². The van der Waals surface area contributed by atoms with E-state index in [4.69, 9.17) is 0 Å². The summed E-state index contributed by atoms with van der Waals surface area (Å²) in [4.78, 5) is 0. The molecule has 0 aromatic heterocycles. The van der Waals surface area contributed by atoms with Crippen LogP contribution in [0.15, 0.2) is 24.3 Å². The Labute approximate surface area is 95.7 Å². The van der Waals surface area contributed by atoms with E-state index in [1.54, 1.807) is 0 Å². The summed E-state index contributed by atoms with van der Waals surface area (Å²) in [5, 5.41) is 0. The van der Waals surface area contributed by atoms with E-state index in [1.165, 1.54) is 11.1 Å². The standard InChI is InChI=1S/C10H15N.2C2H6/c1-3-9-6-4-5-7-10(9)8(2)11;2*1-2/h4-8H,3,11H2,1-2H3;2*1-2H3/p+1/t8-;;/m1../s1. The second-order valence-electron chi connectivity index (χ2n) is 2.95. The fraction of sp³-hybridized carbons (Fsp3) is 0.571. The van der Waals surface area contributed by atoms with Crippen molar-refractivity contribution in [2.45, 2.75) is 54.0 Å². The second kappa shape index (κ2) is 11.3. The van der Waals surface area contributed by atoms with Gasteiger partial charge in [0, 0.05) is 5.56 Å². The van der Waals surface area contributed by atoms with Crippen LogP contribution in [0.3, 0.4) is 0 Å². The van der Waals surface area contributed by atoms with E-state index in [9.17, 15) is 0 Å². The number of rotatable bonds is 2. The fourth-order valence-electron chi connectivity index (χ4n) is 1.34. The van der Waals surface area contributed by atoms with Gasteiger partial charge in [-0.25, -0.2) is 0 Å². The zero-order valence-electron chi connectivity index (χ0n) is 11.3. The predicted molar refractivity (Wildman–Crippen MR) is 69.8 cm³/mol. The first-order valence-corrected chi connectivity index (χ1v) is 6.16. The molecule has 1 aromatic carbocycles. The van der Waals surface area contributed by atoms with E-state index in [-0.39, 0.29) is 0 Å². The minimum atomic E-state index is 0.408. The monoisotopic (exact) mass is 210 g/mol. The van der Waals surface area contributed by atoms with Crippen LogP contribution in [0.1, 0.15) is 58.7 Å². The third-order valence-corrected chi connectivity index (χ3v) is 1.97. The Morgan fingerprint density at radius 2 is 1.53 bits per heavy atom. The molecule has 0 radical (unpaired) electrons. The van der Waals surface area contributed by atoms with Crippen molar-refractivity contribution in [1.82, 2.24) is 0 Å². The summed E-state index contributed by atoms with van der Waals surface area (Å²) in [7, 11) is 0. The topological polar surface area (TPSA) is 27.6 Å². The molecule has 88 valence electrons. The van der Waals surface area contributed by atoms with Crippen molar-refractivity contribution in [2.24, 2.45) is 0 Å². The largest absolute Gasteiger partial charge is 0.352 e. The highest BCUT2D eigenvalue weighted by Gasteiger charge is 2.05. The van der Waals surface area contributed by atoms with E-state index in [0.717, 1.165) is 6.42 Å². The van der Waals surface area contributed by atoms with Gasteiger partial charge in [0.15, 0.2) is 0 Å².